The molecule has 1 N–H and O–H groups in total. The van der Waals surface area contributed by atoms with Crippen LogP contribution in [0.2, 0.25) is 0 Å². The molecule has 0 aliphatic carbocycles. The lowest BCUT2D eigenvalue weighted by atomic mass is 10.1. The summed E-state index contributed by atoms with van der Waals surface area (Å²) in [6.07, 6.45) is 2.04. The molecule has 3 aromatic carbocycles. The highest BCUT2D eigenvalue weighted by Gasteiger charge is 2.11. The molecule has 1 aromatic heterocycles. The predicted molar refractivity (Wildman–Crippen MR) is 128 cm³/mol. The lowest BCUT2D eigenvalue weighted by Crippen LogP contribution is -2.26. The Hall–Kier alpha value is -3.60. The fourth-order valence-corrected chi connectivity index (χ4v) is 3.77. The summed E-state index contributed by atoms with van der Waals surface area (Å²) in [5.74, 6) is 1.95. The SMILES string of the molecule is Cc1ccc(OCCn2c(CCCNC(=O)Cc3ccccc3)nc3ccccc32)cc1. The van der Waals surface area contributed by atoms with E-state index < -0.39 is 0 Å². The van der Waals surface area contributed by atoms with Gasteiger partial charge in [0.2, 0.25) is 5.91 Å². The Kier molecular flexibility index (Phi) is 7.18. The van der Waals surface area contributed by atoms with Crippen LogP contribution in [0.25, 0.3) is 11.0 Å². The van der Waals surface area contributed by atoms with Crippen LogP contribution in [-0.4, -0.2) is 28.6 Å². The standard InChI is InChI=1S/C27H29N3O2/c1-21-13-15-23(16-14-21)32-19-18-30-25-11-6-5-10-24(25)29-26(30)12-7-17-28-27(31)20-22-8-3-2-4-9-22/h2-6,8-11,13-16H,7,12,17-20H2,1H3,(H,28,31). The molecule has 32 heavy (non-hydrogen) atoms. The van der Waals surface area contributed by atoms with Crippen LogP contribution in [0.1, 0.15) is 23.4 Å². The van der Waals surface area contributed by atoms with Gasteiger partial charge in [-0.15, -0.1) is 0 Å². The molecule has 0 radical (unpaired) electrons. The summed E-state index contributed by atoms with van der Waals surface area (Å²) in [7, 11) is 0. The molecule has 5 nitrogen and oxygen atoms in total. The van der Waals surface area contributed by atoms with Gasteiger partial charge in [-0.3, -0.25) is 4.79 Å². The molecular formula is C27H29N3O2. The first-order valence-corrected chi connectivity index (χ1v) is 11.1. The third kappa shape index (κ3) is 5.76. The van der Waals surface area contributed by atoms with Crippen LogP contribution in [0.15, 0.2) is 78.9 Å². The Bertz CT molecular complexity index is 1150. The summed E-state index contributed by atoms with van der Waals surface area (Å²) >= 11 is 0. The summed E-state index contributed by atoms with van der Waals surface area (Å²) in [4.78, 5) is 17.0. The summed E-state index contributed by atoms with van der Waals surface area (Å²) in [6.45, 7) is 4.00. The second-order valence-corrected chi connectivity index (χ2v) is 7.95. The third-order valence-electron chi connectivity index (χ3n) is 5.45. The van der Waals surface area contributed by atoms with Gasteiger partial charge in [0.1, 0.15) is 18.2 Å². The molecular weight excluding hydrogens is 398 g/mol. The van der Waals surface area contributed by atoms with E-state index in [1.807, 2.05) is 60.7 Å². The number of hydrogen-bond donors (Lipinski definition) is 1. The molecule has 0 aliphatic rings. The number of rotatable bonds is 10. The molecule has 0 bridgehead atoms. The number of hydrogen-bond acceptors (Lipinski definition) is 3. The van der Waals surface area contributed by atoms with Crippen LogP contribution in [0.5, 0.6) is 5.75 Å². The van der Waals surface area contributed by atoms with E-state index in [0.717, 1.165) is 47.6 Å². The first-order chi connectivity index (χ1) is 15.7. The maximum atomic E-state index is 12.2. The Morgan fingerprint density at radius 3 is 2.53 bits per heavy atom. The van der Waals surface area contributed by atoms with E-state index in [-0.39, 0.29) is 5.91 Å². The van der Waals surface area contributed by atoms with E-state index in [4.69, 9.17) is 9.72 Å². The van der Waals surface area contributed by atoms with Crippen LogP contribution in [-0.2, 0) is 24.2 Å². The average molecular weight is 428 g/mol. The van der Waals surface area contributed by atoms with Crippen molar-refractivity contribution in [3.05, 3.63) is 95.8 Å². The van der Waals surface area contributed by atoms with Gasteiger partial charge >= 0.3 is 0 Å². The zero-order chi connectivity index (χ0) is 22.2. The minimum atomic E-state index is 0.0520. The Labute approximate surface area is 189 Å². The maximum Gasteiger partial charge on any atom is 0.224 e. The molecule has 0 unspecified atom stereocenters. The number of nitrogens with zero attached hydrogens (tertiary/aromatic N) is 2. The van der Waals surface area contributed by atoms with Gasteiger partial charge in [-0.05, 0) is 43.2 Å². The van der Waals surface area contributed by atoms with Crippen LogP contribution in [0.4, 0.5) is 0 Å². The normalized spacial score (nSPS) is 10.9. The van der Waals surface area contributed by atoms with E-state index in [1.54, 1.807) is 0 Å². The van der Waals surface area contributed by atoms with Crippen LogP contribution in [0, 0.1) is 6.92 Å². The highest BCUT2D eigenvalue weighted by Crippen LogP contribution is 2.18. The molecule has 1 heterocycles. The minimum Gasteiger partial charge on any atom is -0.492 e. The van der Waals surface area contributed by atoms with Crippen molar-refractivity contribution >= 4 is 16.9 Å². The van der Waals surface area contributed by atoms with Gasteiger partial charge in [0.05, 0.1) is 24.0 Å². The molecule has 4 rings (SSSR count). The smallest absolute Gasteiger partial charge is 0.224 e. The van der Waals surface area contributed by atoms with Crippen LogP contribution < -0.4 is 10.1 Å². The van der Waals surface area contributed by atoms with E-state index in [2.05, 4.69) is 35.0 Å². The number of carbonyl (C=O) groups is 1. The average Bonchev–Trinajstić information content (AvgIpc) is 3.16. The molecule has 0 atom stereocenters. The maximum absolute atomic E-state index is 12.2. The minimum absolute atomic E-state index is 0.0520. The van der Waals surface area contributed by atoms with Gasteiger partial charge in [-0.1, -0.05) is 60.2 Å². The van der Waals surface area contributed by atoms with Crippen molar-refractivity contribution in [1.29, 1.82) is 0 Å². The fourth-order valence-electron chi connectivity index (χ4n) is 3.77. The van der Waals surface area contributed by atoms with E-state index >= 15 is 0 Å². The van der Waals surface area contributed by atoms with Crippen molar-refractivity contribution in [2.45, 2.75) is 32.7 Å². The number of nitrogens with one attached hydrogen (secondary N) is 1. The zero-order valence-electron chi connectivity index (χ0n) is 18.5. The van der Waals surface area contributed by atoms with E-state index in [1.165, 1.54) is 5.56 Å². The summed E-state index contributed by atoms with van der Waals surface area (Å²) in [5.41, 5.74) is 4.35. The van der Waals surface area contributed by atoms with Crippen molar-refractivity contribution in [3.8, 4) is 5.75 Å². The lowest BCUT2D eigenvalue weighted by Gasteiger charge is -2.11. The van der Waals surface area contributed by atoms with Gasteiger partial charge in [0.15, 0.2) is 0 Å². The van der Waals surface area contributed by atoms with Gasteiger partial charge in [-0.2, -0.15) is 0 Å². The summed E-state index contributed by atoms with van der Waals surface area (Å²) in [5, 5.41) is 3.02. The highest BCUT2D eigenvalue weighted by atomic mass is 16.5. The second-order valence-electron chi connectivity index (χ2n) is 7.95. The largest absolute Gasteiger partial charge is 0.492 e. The number of benzene rings is 3. The summed E-state index contributed by atoms with van der Waals surface area (Å²) in [6, 6.07) is 26.1. The van der Waals surface area contributed by atoms with Crippen LogP contribution >= 0.6 is 0 Å². The fraction of sp³-hybridized carbons (Fsp3) is 0.259. The van der Waals surface area contributed by atoms with E-state index in [0.29, 0.717) is 19.6 Å². The number of aryl methyl sites for hydroxylation is 2. The van der Waals surface area contributed by atoms with Crippen LogP contribution in [0.3, 0.4) is 0 Å². The van der Waals surface area contributed by atoms with E-state index in [9.17, 15) is 4.79 Å². The van der Waals surface area contributed by atoms with Crippen molar-refractivity contribution in [2.75, 3.05) is 13.2 Å². The van der Waals surface area contributed by atoms with Crippen molar-refractivity contribution in [2.24, 2.45) is 0 Å². The number of ether oxygens (including phenoxy) is 1. The Balaban J connectivity index is 1.32. The predicted octanol–water partition coefficient (Wildman–Crippen LogP) is 4.72. The van der Waals surface area contributed by atoms with Gasteiger partial charge in [-0.25, -0.2) is 4.98 Å². The second kappa shape index (κ2) is 10.6. The topological polar surface area (TPSA) is 56.1 Å². The number of amides is 1. The quantitative estimate of drug-likeness (QED) is 0.373. The Morgan fingerprint density at radius 2 is 1.72 bits per heavy atom. The molecule has 0 aliphatic heterocycles. The van der Waals surface area contributed by atoms with Crippen molar-refractivity contribution in [3.63, 3.8) is 0 Å². The highest BCUT2D eigenvalue weighted by molar-refractivity contribution is 5.78. The first-order valence-electron chi connectivity index (χ1n) is 11.1. The number of fused-ring (bicyclic) bond motifs is 1. The molecule has 0 fully saturated rings. The molecule has 5 heteroatoms. The molecule has 0 saturated heterocycles. The number of carbonyl (C=O) groups excluding carboxylic acids is 1. The van der Waals surface area contributed by atoms with Crippen molar-refractivity contribution < 1.29 is 9.53 Å². The molecule has 4 aromatic rings. The lowest BCUT2D eigenvalue weighted by molar-refractivity contribution is -0.120. The zero-order valence-corrected chi connectivity index (χ0v) is 18.5. The van der Waals surface area contributed by atoms with Gasteiger partial charge in [0, 0.05) is 13.0 Å². The number of aromatic nitrogens is 2. The number of imidazole rings is 1. The number of para-hydroxylation sites is 2. The first kappa shape index (κ1) is 21.6. The molecule has 164 valence electrons. The Morgan fingerprint density at radius 1 is 0.969 bits per heavy atom. The van der Waals surface area contributed by atoms with Gasteiger partial charge < -0.3 is 14.6 Å². The monoisotopic (exact) mass is 427 g/mol. The molecule has 0 spiro atoms. The molecule has 1 amide bonds. The third-order valence-corrected chi connectivity index (χ3v) is 5.45. The summed E-state index contributed by atoms with van der Waals surface area (Å²) < 4.78 is 8.18. The van der Waals surface area contributed by atoms with Gasteiger partial charge in [0.25, 0.3) is 0 Å². The van der Waals surface area contributed by atoms with Crippen molar-refractivity contribution in [1.82, 2.24) is 14.9 Å². The molecule has 0 saturated carbocycles.